The van der Waals surface area contributed by atoms with Gasteiger partial charge in [-0.15, -0.1) is 0 Å². The number of carbonyl (C=O) groups is 4. The zero-order valence-electron chi connectivity index (χ0n) is 24.6. The number of ether oxygens (including phenoxy) is 5. The van der Waals surface area contributed by atoms with Gasteiger partial charge in [-0.1, -0.05) is 40.2 Å². The van der Waals surface area contributed by atoms with Crippen LogP contribution < -0.4 is 15.2 Å². The van der Waals surface area contributed by atoms with Crippen molar-refractivity contribution >= 4 is 24.1 Å². The van der Waals surface area contributed by atoms with Crippen molar-refractivity contribution in [3.63, 3.8) is 0 Å². The van der Waals surface area contributed by atoms with E-state index < -0.39 is 42.3 Å². The summed E-state index contributed by atoms with van der Waals surface area (Å²) < 4.78 is 27.0. The van der Waals surface area contributed by atoms with E-state index in [1.807, 2.05) is 27.7 Å². The summed E-state index contributed by atoms with van der Waals surface area (Å²) >= 11 is 0. The molecule has 1 fully saturated rings. The Bertz CT molecular complexity index is 1000. The maximum atomic E-state index is 12.7. The van der Waals surface area contributed by atoms with E-state index in [9.17, 15) is 19.2 Å². The Balaban J connectivity index is 1.99. The lowest BCUT2D eigenvalue weighted by molar-refractivity contribution is -0.156. The van der Waals surface area contributed by atoms with Crippen LogP contribution in [0.4, 0.5) is 4.79 Å². The summed E-state index contributed by atoms with van der Waals surface area (Å²) in [5.41, 5.74) is 6.69. The van der Waals surface area contributed by atoms with Crippen molar-refractivity contribution in [1.82, 2.24) is 0 Å². The van der Waals surface area contributed by atoms with Crippen molar-refractivity contribution in [2.24, 2.45) is 17.6 Å². The second-order valence-electron chi connectivity index (χ2n) is 11.3. The Morgan fingerprint density at radius 2 is 1.35 bits per heavy atom. The summed E-state index contributed by atoms with van der Waals surface area (Å²) in [6.07, 6.45) is 2.87. The quantitative estimate of drug-likeness (QED) is 0.249. The number of nitrogens with two attached hydrogens (primary N) is 1. The van der Waals surface area contributed by atoms with E-state index in [0.29, 0.717) is 5.56 Å². The fourth-order valence-electron chi connectivity index (χ4n) is 4.14. The molecule has 1 aromatic carbocycles. The number of hydrogen-bond donors (Lipinski definition) is 1. The minimum atomic E-state index is -1.04. The fraction of sp³-hybridized carbons (Fsp3) is 0.667. The molecule has 40 heavy (non-hydrogen) atoms. The van der Waals surface area contributed by atoms with Crippen LogP contribution in [-0.2, 0) is 35.0 Å². The molecule has 1 aromatic rings. The minimum absolute atomic E-state index is 0.0689. The molecule has 0 aromatic heterocycles. The van der Waals surface area contributed by atoms with Gasteiger partial charge < -0.3 is 29.4 Å². The summed E-state index contributed by atoms with van der Waals surface area (Å²) in [7, 11) is 0. The van der Waals surface area contributed by atoms with Gasteiger partial charge in [-0.3, -0.25) is 14.4 Å². The molecule has 10 nitrogen and oxygen atoms in total. The van der Waals surface area contributed by atoms with Gasteiger partial charge >= 0.3 is 24.1 Å². The lowest BCUT2D eigenvalue weighted by atomic mass is 9.98. The van der Waals surface area contributed by atoms with Crippen molar-refractivity contribution in [2.45, 2.75) is 117 Å². The van der Waals surface area contributed by atoms with Crippen LogP contribution in [0.5, 0.6) is 11.5 Å². The van der Waals surface area contributed by atoms with E-state index in [1.54, 1.807) is 19.9 Å². The maximum absolute atomic E-state index is 12.7. The Morgan fingerprint density at radius 1 is 0.800 bits per heavy atom. The van der Waals surface area contributed by atoms with Gasteiger partial charge in [0.05, 0.1) is 0 Å². The third-order valence-corrected chi connectivity index (χ3v) is 6.42. The molecule has 1 aliphatic rings. The predicted octanol–water partition coefficient (Wildman–Crippen LogP) is 5.27. The van der Waals surface area contributed by atoms with Crippen molar-refractivity contribution in [3.05, 3.63) is 23.8 Å². The van der Waals surface area contributed by atoms with Crippen LogP contribution in [0.3, 0.4) is 0 Å². The van der Waals surface area contributed by atoms with Gasteiger partial charge in [0.25, 0.3) is 0 Å². The standard InChI is InChI=1S/C30H45NO9/c1-18(2)14-27(32)39-25-13-12-22(17-26(25)40-28(33)15-19(3)4)16-24(31)29(34)36-20(5)21(6)37-30(35)38-23-10-8-7-9-11-23/h12-13,17-21,23-24H,7-11,14-16,31H2,1-6H3/t20-,21?,24-/m0/s1. The molecule has 0 radical (unpaired) electrons. The number of esters is 3. The Kier molecular flexibility index (Phi) is 13.4. The molecule has 224 valence electrons. The van der Waals surface area contributed by atoms with E-state index in [0.717, 1.165) is 32.1 Å². The van der Waals surface area contributed by atoms with Crippen molar-refractivity contribution in [2.75, 3.05) is 0 Å². The molecule has 0 heterocycles. The highest BCUT2D eigenvalue weighted by molar-refractivity contribution is 5.77. The zero-order valence-corrected chi connectivity index (χ0v) is 24.6. The van der Waals surface area contributed by atoms with E-state index in [-0.39, 0.29) is 48.7 Å². The second kappa shape index (κ2) is 16.2. The monoisotopic (exact) mass is 563 g/mol. The van der Waals surface area contributed by atoms with Crippen LogP contribution in [-0.4, -0.2) is 48.4 Å². The largest absolute Gasteiger partial charge is 0.508 e. The number of rotatable bonds is 13. The smallest absolute Gasteiger partial charge is 0.458 e. The maximum Gasteiger partial charge on any atom is 0.508 e. The van der Waals surface area contributed by atoms with E-state index in [2.05, 4.69) is 0 Å². The normalized spacial score (nSPS) is 16.1. The van der Waals surface area contributed by atoms with Crippen molar-refractivity contribution in [3.8, 4) is 11.5 Å². The average molecular weight is 564 g/mol. The summed E-state index contributed by atoms with van der Waals surface area (Å²) in [6, 6.07) is 3.64. The fourth-order valence-corrected chi connectivity index (χ4v) is 4.14. The number of benzene rings is 1. The van der Waals surface area contributed by atoms with Crippen LogP contribution >= 0.6 is 0 Å². The molecule has 0 amide bonds. The van der Waals surface area contributed by atoms with Gasteiger partial charge in [0, 0.05) is 12.8 Å². The third kappa shape index (κ3) is 11.9. The minimum Gasteiger partial charge on any atom is -0.458 e. The van der Waals surface area contributed by atoms with Crippen molar-refractivity contribution < 1.29 is 42.9 Å². The van der Waals surface area contributed by atoms with Crippen LogP contribution in [0.1, 0.15) is 92.1 Å². The Morgan fingerprint density at radius 3 is 1.93 bits per heavy atom. The molecule has 0 saturated heterocycles. The first kappa shape index (κ1) is 33.1. The first-order valence-corrected chi connectivity index (χ1v) is 14.2. The first-order valence-electron chi connectivity index (χ1n) is 14.2. The van der Waals surface area contributed by atoms with Gasteiger partial charge in [-0.25, -0.2) is 4.79 Å². The number of carbonyl (C=O) groups excluding carboxylic acids is 4. The lowest BCUT2D eigenvalue weighted by Gasteiger charge is -2.25. The molecule has 2 rings (SSSR count). The molecule has 10 heteroatoms. The highest BCUT2D eigenvalue weighted by atomic mass is 16.7. The third-order valence-electron chi connectivity index (χ3n) is 6.42. The van der Waals surface area contributed by atoms with E-state index >= 15 is 0 Å². The lowest BCUT2D eigenvalue weighted by Crippen LogP contribution is -2.39. The average Bonchev–Trinajstić information content (AvgIpc) is 2.85. The van der Waals surface area contributed by atoms with Crippen LogP contribution in [0.15, 0.2) is 18.2 Å². The van der Waals surface area contributed by atoms with Gasteiger partial charge in [-0.05, 0) is 75.5 Å². The molecular weight excluding hydrogens is 518 g/mol. The molecule has 0 spiro atoms. The van der Waals surface area contributed by atoms with Crippen LogP contribution in [0, 0.1) is 11.8 Å². The zero-order chi connectivity index (χ0) is 29.8. The molecule has 3 atom stereocenters. The number of hydrogen-bond acceptors (Lipinski definition) is 10. The van der Waals surface area contributed by atoms with Gasteiger partial charge in [0.2, 0.25) is 0 Å². The summed E-state index contributed by atoms with van der Waals surface area (Å²) in [5.74, 6) is -1.24. The van der Waals surface area contributed by atoms with Crippen LogP contribution in [0.25, 0.3) is 0 Å². The Labute approximate surface area is 237 Å². The SMILES string of the molecule is CC(C)CC(=O)Oc1ccc(C[C@H](N)C(=O)O[C@@H](C)C(C)OC(=O)OC2CCCCC2)cc1OC(=O)CC(C)C. The second-order valence-corrected chi connectivity index (χ2v) is 11.3. The summed E-state index contributed by atoms with van der Waals surface area (Å²) in [4.78, 5) is 49.4. The molecule has 2 N–H and O–H groups in total. The van der Waals surface area contributed by atoms with Gasteiger partial charge in [-0.2, -0.15) is 0 Å². The van der Waals surface area contributed by atoms with Gasteiger partial charge in [0.1, 0.15) is 24.4 Å². The van der Waals surface area contributed by atoms with Gasteiger partial charge in [0.15, 0.2) is 11.5 Å². The molecule has 1 unspecified atom stereocenters. The molecule has 0 bridgehead atoms. The predicted molar refractivity (Wildman–Crippen MR) is 148 cm³/mol. The highest BCUT2D eigenvalue weighted by Gasteiger charge is 2.27. The van der Waals surface area contributed by atoms with E-state index in [4.69, 9.17) is 29.4 Å². The van der Waals surface area contributed by atoms with Crippen molar-refractivity contribution in [1.29, 1.82) is 0 Å². The topological polar surface area (TPSA) is 140 Å². The molecule has 1 saturated carbocycles. The van der Waals surface area contributed by atoms with Crippen LogP contribution in [0.2, 0.25) is 0 Å². The van der Waals surface area contributed by atoms with E-state index in [1.165, 1.54) is 12.1 Å². The summed E-state index contributed by atoms with van der Waals surface area (Å²) in [5, 5.41) is 0. The highest BCUT2D eigenvalue weighted by Crippen LogP contribution is 2.30. The molecule has 0 aliphatic heterocycles. The molecular formula is C30H45NO9. The summed E-state index contributed by atoms with van der Waals surface area (Å²) in [6.45, 7) is 10.8. The molecule has 1 aliphatic carbocycles. The Hall–Kier alpha value is -3.14. The first-order chi connectivity index (χ1) is 18.8.